The zero-order chi connectivity index (χ0) is 14.0. The number of hydrogen-bond donors (Lipinski definition) is 1. The maximum Gasteiger partial charge on any atom is 0.324 e. The molecule has 0 atom stereocenters. The molecule has 1 aromatic rings. The molecule has 0 aliphatic heterocycles. The fourth-order valence-corrected chi connectivity index (χ4v) is 2.41. The van der Waals surface area contributed by atoms with E-state index in [9.17, 15) is 19.7 Å². The molecule has 1 saturated carbocycles. The first kappa shape index (κ1) is 13.5. The number of amides is 1. The third-order valence-corrected chi connectivity index (χ3v) is 3.68. The number of thiophene rings is 1. The Morgan fingerprint density at radius 2 is 2.21 bits per heavy atom. The minimum absolute atomic E-state index is 0.120. The minimum Gasteiger partial charge on any atom is -0.480 e. The number of carboxylic acids is 1. The van der Waals surface area contributed by atoms with Gasteiger partial charge in [-0.1, -0.05) is 11.3 Å². The molecule has 2 rings (SSSR count). The van der Waals surface area contributed by atoms with E-state index in [-0.39, 0.29) is 17.1 Å². The maximum absolute atomic E-state index is 12.1. The van der Waals surface area contributed by atoms with Gasteiger partial charge in [-0.2, -0.15) is 0 Å². The summed E-state index contributed by atoms with van der Waals surface area (Å²) in [6.45, 7) is 0.0216. The van der Waals surface area contributed by atoms with Crippen LogP contribution in [-0.4, -0.2) is 39.9 Å². The summed E-state index contributed by atoms with van der Waals surface area (Å²) >= 11 is 0.863. The van der Waals surface area contributed by atoms with Crippen LogP contribution in [0.15, 0.2) is 11.4 Å². The molecular formula is C11H12N2O5S. The van der Waals surface area contributed by atoms with E-state index in [2.05, 4.69) is 0 Å². The molecule has 1 aromatic heterocycles. The Labute approximate surface area is 112 Å². The van der Waals surface area contributed by atoms with E-state index in [0.29, 0.717) is 12.5 Å². The van der Waals surface area contributed by atoms with Crippen LogP contribution >= 0.6 is 11.3 Å². The van der Waals surface area contributed by atoms with Crippen LogP contribution in [0.2, 0.25) is 0 Å². The van der Waals surface area contributed by atoms with Crippen molar-refractivity contribution in [1.29, 1.82) is 0 Å². The number of rotatable bonds is 6. The fraction of sp³-hybridized carbons (Fsp3) is 0.455. The second-order valence-electron chi connectivity index (χ2n) is 4.45. The fourth-order valence-electron chi connectivity index (χ4n) is 1.71. The molecule has 102 valence electrons. The molecule has 1 N–H and O–H groups in total. The Bertz CT molecular complexity index is 523. The molecule has 19 heavy (non-hydrogen) atoms. The topological polar surface area (TPSA) is 101 Å². The largest absolute Gasteiger partial charge is 0.480 e. The highest BCUT2D eigenvalue weighted by Crippen LogP contribution is 2.31. The molecule has 0 unspecified atom stereocenters. The lowest BCUT2D eigenvalue weighted by atomic mass is 10.2. The molecule has 1 heterocycles. The van der Waals surface area contributed by atoms with Crippen LogP contribution in [0.3, 0.4) is 0 Å². The summed E-state index contributed by atoms with van der Waals surface area (Å²) in [4.78, 5) is 34.1. The van der Waals surface area contributed by atoms with Crippen molar-refractivity contribution in [2.75, 3.05) is 13.1 Å². The number of nitrogens with zero attached hydrogens (tertiary/aromatic N) is 2. The Balaban J connectivity index is 2.11. The molecule has 0 saturated heterocycles. The third kappa shape index (κ3) is 3.50. The minimum atomic E-state index is -1.08. The van der Waals surface area contributed by atoms with Crippen LogP contribution in [0.25, 0.3) is 0 Å². The van der Waals surface area contributed by atoms with Crippen LogP contribution in [0.4, 0.5) is 5.00 Å². The number of aliphatic carboxylic acids is 1. The van der Waals surface area contributed by atoms with E-state index < -0.39 is 16.8 Å². The molecule has 0 spiro atoms. The van der Waals surface area contributed by atoms with Gasteiger partial charge < -0.3 is 10.0 Å². The Morgan fingerprint density at radius 3 is 2.68 bits per heavy atom. The molecular weight excluding hydrogens is 272 g/mol. The molecule has 1 aliphatic rings. The average Bonchev–Trinajstić information content (AvgIpc) is 3.00. The van der Waals surface area contributed by atoms with Crippen molar-refractivity contribution >= 4 is 28.2 Å². The Kier molecular flexibility index (Phi) is 3.79. The predicted octanol–water partition coefficient (Wildman–Crippen LogP) is 1.59. The van der Waals surface area contributed by atoms with Gasteiger partial charge in [-0.3, -0.25) is 19.7 Å². The van der Waals surface area contributed by atoms with E-state index >= 15 is 0 Å². The van der Waals surface area contributed by atoms with Crippen LogP contribution in [0.1, 0.15) is 23.2 Å². The van der Waals surface area contributed by atoms with E-state index in [1.54, 1.807) is 0 Å². The first-order valence-electron chi connectivity index (χ1n) is 5.71. The smallest absolute Gasteiger partial charge is 0.324 e. The molecule has 1 aliphatic carbocycles. The van der Waals surface area contributed by atoms with Gasteiger partial charge in [0.05, 0.1) is 10.5 Å². The van der Waals surface area contributed by atoms with E-state index in [0.717, 1.165) is 24.2 Å². The van der Waals surface area contributed by atoms with Crippen LogP contribution in [0, 0.1) is 16.0 Å². The van der Waals surface area contributed by atoms with Crippen molar-refractivity contribution in [3.05, 3.63) is 27.1 Å². The van der Waals surface area contributed by atoms with Gasteiger partial charge in [-0.15, -0.1) is 0 Å². The second kappa shape index (κ2) is 5.35. The molecule has 1 amide bonds. The normalized spacial score (nSPS) is 14.1. The lowest BCUT2D eigenvalue weighted by Crippen LogP contribution is -2.37. The van der Waals surface area contributed by atoms with Gasteiger partial charge in [0, 0.05) is 18.0 Å². The zero-order valence-electron chi connectivity index (χ0n) is 9.94. The summed E-state index contributed by atoms with van der Waals surface area (Å²) in [5.41, 5.74) is 0.179. The van der Waals surface area contributed by atoms with Gasteiger partial charge in [0.25, 0.3) is 5.91 Å². The quantitative estimate of drug-likeness (QED) is 0.631. The summed E-state index contributed by atoms with van der Waals surface area (Å²) in [6, 6.07) is 1.19. The lowest BCUT2D eigenvalue weighted by molar-refractivity contribution is -0.380. The monoisotopic (exact) mass is 284 g/mol. The highest BCUT2D eigenvalue weighted by molar-refractivity contribution is 7.13. The number of carboxylic acid groups (broad SMARTS) is 1. The number of carbonyl (C=O) groups is 2. The van der Waals surface area contributed by atoms with Crippen molar-refractivity contribution < 1.29 is 19.6 Å². The predicted molar refractivity (Wildman–Crippen MR) is 67.2 cm³/mol. The van der Waals surface area contributed by atoms with Crippen molar-refractivity contribution in [3.63, 3.8) is 0 Å². The zero-order valence-corrected chi connectivity index (χ0v) is 10.8. The van der Waals surface area contributed by atoms with Crippen LogP contribution < -0.4 is 0 Å². The first-order chi connectivity index (χ1) is 8.97. The van der Waals surface area contributed by atoms with Crippen LogP contribution in [-0.2, 0) is 4.79 Å². The first-order valence-corrected chi connectivity index (χ1v) is 6.59. The van der Waals surface area contributed by atoms with Crippen molar-refractivity contribution in [3.8, 4) is 0 Å². The Morgan fingerprint density at radius 1 is 1.53 bits per heavy atom. The summed E-state index contributed by atoms with van der Waals surface area (Å²) in [5.74, 6) is -1.19. The number of carbonyl (C=O) groups excluding carboxylic acids is 1. The maximum atomic E-state index is 12.1. The average molecular weight is 284 g/mol. The number of nitro groups is 1. The van der Waals surface area contributed by atoms with E-state index in [4.69, 9.17) is 5.11 Å². The van der Waals surface area contributed by atoms with Crippen molar-refractivity contribution in [2.45, 2.75) is 12.8 Å². The van der Waals surface area contributed by atoms with Gasteiger partial charge in [-0.05, 0) is 18.8 Å². The molecule has 0 radical (unpaired) electrons. The standard InChI is InChI=1S/C11H12N2O5S/c14-10(15)5-12(4-7-1-2-7)11(16)8-3-9(13(17)18)19-6-8/h3,6-7H,1-2,4-5H2,(H,14,15). The molecule has 1 fully saturated rings. The van der Waals surface area contributed by atoms with Crippen molar-refractivity contribution in [2.24, 2.45) is 5.92 Å². The summed E-state index contributed by atoms with van der Waals surface area (Å²) in [5, 5.41) is 20.6. The summed E-state index contributed by atoms with van der Waals surface area (Å²) in [7, 11) is 0. The summed E-state index contributed by atoms with van der Waals surface area (Å²) in [6.07, 6.45) is 1.99. The van der Waals surface area contributed by atoms with Gasteiger partial charge in [0.15, 0.2) is 0 Å². The Hall–Kier alpha value is -1.96. The van der Waals surface area contributed by atoms with Crippen molar-refractivity contribution in [1.82, 2.24) is 4.90 Å². The number of hydrogen-bond acceptors (Lipinski definition) is 5. The van der Waals surface area contributed by atoms with Gasteiger partial charge in [-0.25, -0.2) is 0 Å². The lowest BCUT2D eigenvalue weighted by Gasteiger charge is -2.19. The molecule has 8 heteroatoms. The van der Waals surface area contributed by atoms with Gasteiger partial charge >= 0.3 is 11.0 Å². The van der Waals surface area contributed by atoms with E-state index in [1.807, 2.05) is 0 Å². The highest BCUT2D eigenvalue weighted by atomic mass is 32.1. The summed E-state index contributed by atoms with van der Waals surface area (Å²) < 4.78 is 0. The SMILES string of the molecule is O=C(O)CN(CC1CC1)C(=O)c1csc([N+](=O)[O-])c1. The molecule has 7 nitrogen and oxygen atoms in total. The van der Waals surface area contributed by atoms with E-state index in [1.165, 1.54) is 16.3 Å². The molecule has 0 bridgehead atoms. The molecule has 0 aromatic carbocycles. The van der Waals surface area contributed by atoms with Gasteiger partial charge in [0.1, 0.15) is 6.54 Å². The third-order valence-electron chi connectivity index (χ3n) is 2.80. The second-order valence-corrected chi connectivity index (χ2v) is 5.34. The highest BCUT2D eigenvalue weighted by Gasteiger charge is 2.29. The van der Waals surface area contributed by atoms with Gasteiger partial charge in [0.2, 0.25) is 0 Å². The van der Waals surface area contributed by atoms with Crippen LogP contribution in [0.5, 0.6) is 0 Å².